The molecule has 0 unspecified atom stereocenters. The number of urea groups is 1. The molecule has 0 heterocycles. The molecular formula is C22H18I2N4O4. The van der Waals surface area contributed by atoms with Crippen LogP contribution in [0.5, 0.6) is 5.75 Å². The third kappa shape index (κ3) is 6.88. The number of hydrogen-bond donors (Lipinski definition) is 2. The van der Waals surface area contributed by atoms with E-state index in [1.165, 1.54) is 12.1 Å². The largest absolute Gasteiger partial charge is 0.487 e. The summed E-state index contributed by atoms with van der Waals surface area (Å²) in [5.74, 6) is 0.680. The Labute approximate surface area is 211 Å². The van der Waals surface area contributed by atoms with Gasteiger partial charge in [0.2, 0.25) is 0 Å². The summed E-state index contributed by atoms with van der Waals surface area (Å²) in [6, 6.07) is 17.1. The van der Waals surface area contributed by atoms with Gasteiger partial charge in [-0.15, -0.1) is 0 Å². The lowest BCUT2D eigenvalue weighted by atomic mass is 10.2. The first-order valence-electron chi connectivity index (χ1n) is 9.34. The average Bonchev–Trinajstić information content (AvgIpc) is 2.75. The molecule has 0 aliphatic rings. The van der Waals surface area contributed by atoms with Gasteiger partial charge in [0, 0.05) is 17.8 Å². The molecule has 0 saturated carbocycles. The van der Waals surface area contributed by atoms with Gasteiger partial charge < -0.3 is 10.1 Å². The normalized spacial score (nSPS) is 10.7. The second-order valence-electron chi connectivity index (χ2n) is 6.72. The Hall–Kier alpha value is -2.74. The lowest BCUT2D eigenvalue weighted by Crippen LogP contribution is -2.24. The van der Waals surface area contributed by atoms with Crippen LogP contribution in [0.3, 0.4) is 0 Å². The lowest BCUT2D eigenvalue weighted by molar-refractivity contribution is -0.384. The number of nitrogens with one attached hydrogen (secondary N) is 2. The van der Waals surface area contributed by atoms with Gasteiger partial charge in [-0.2, -0.15) is 5.10 Å². The maximum absolute atomic E-state index is 12.0. The SMILES string of the molecule is Cc1ccc(NC(=O)NN=Cc2cc(I)c(OCc3cccc([N+](=O)[O-])c3)c(I)c2)cc1. The topological polar surface area (TPSA) is 106 Å². The molecule has 164 valence electrons. The van der Waals surface area contributed by atoms with Gasteiger partial charge in [-0.1, -0.05) is 29.8 Å². The highest BCUT2D eigenvalue weighted by atomic mass is 127. The molecule has 0 spiro atoms. The van der Waals surface area contributed by atoms with Crippen molar-refractivity contribution in [1.82, 2.24) is 5.43 Å². The molecule has 0 radical (unpaired) electrons. The van der Waals surface area contributed by atoms with Crippen molar-refractivity contribution in [2.45, 2.75) is 13.5 Å². The number of nitrogens with zero attached hydrogens (tertiary/aromatic N) is 2. The molecule has 32 heavy (non-hydrogen) atoms. The summed E-state index contributed by atoms with van der Waals surface area (Å²) in [5, 5.41) is 17.6. The van der Waals surface area contributed by atoms with Crippen LogP contribution in [0.15, 0.2) is 65.8 Å². The number of carbonyl (C=O) groups is 1. The van der Waals surface area contributed by atoms with Gasteiger partial charge in [-0.05, 0) is 87.5 Å². The van der Waals surface area contributed by atoms with E-state index in [-0.39, 0.29) is 12.3 Å². The molecule has 3 aromatic rings. The molecule has 0 saturated heterocycles. The Kier molecular flexibility index (Phi) is 8.39. The quantitative estimate of drug-likeness (QED) is 0.144. The van der Waals surface area contributed by atoms with Crippen LogP contribution in [0.4, 0.5) is 16.2 Å². The Bertz CT molecular complexity index is 1140. The maximum Gasteiger partial charge on any atom is 0.339 e. The molecular weight excluding hydrogens is 638 g/mol. The molecule has 3 aromatic carbocycles. The number of hydrogen-bond acceptors (Lipinski definition) is 5. The molecule has 0 atom stereocenters. The van der Waals surface area contributed by atoms with Crippen LogP contribution in [-0.2, 0) is 6.61 Å². The smallest absolute Gasteiger partial charge is 0.339 e. The van der Waals surface area contributed by atoms with Gasteiger partial charge in [0.1, 0.15) is 12.4 Å². The van der Waals surface area contributed by atoms with E-state index in [1.807, 2.05) is 43.3 Å². The Morgan fingerprint density at radius 3 is 2.47 bits per heavy atom. The van der Waals surface area contributed by atoms with Crippen LogP contribution in [0.2, 0.25) is 0 Å². The van der Waals surface area contributed by atoms with Crippen molar-refractivity contribution in [3.8, 4) is 5.75 Å². The summed E-state index contributed by atoms with van der Waals surface area (Å²) in [6.07, 6.45) is 1.55. The molecule has 0 aromatic heterocycles. The Morgan fingerprint density at radius 1 is 1.12 bits per heavy atom. The van der Waals surface area contributed by atoms with Crippen LogP contribution in [-0.4, -0.2) is 17.2 Å². The third-order valence-electron chi connectivity index (χ3n) is 4.21. The molecule has 8 nitrogen and oxygen atoms in total. The lowest BCUT2D eigenvalue weighted by Gasteiger charge is -2.11. The third-order valence-corrected chi connectivity index (χ3v) is 5.82. The van der Waals surface area contributed by atoms with E-state index in [0.717, 1.165) is 18.3 Å². The monoisotopic (exact) mass is 656 g/mol. The zero-order valence-corrected chi connectivity index (χ0v) is 21.2. The molecule has 0 aliphatic carbocycles. The van der Waals surface area contributed by atoms with Gasteiger partial charge in [-0.25, -0.2) is 10.2 Å². The molecule has 3 rings (SSSR count). The minimum Gasteiger partial charge on any atom is -0.487 e. The van der Waals surface area contributed by atoms with Crippen molar-refractivity contribution in [1.29, 1.82) is 0 Å². The average molecular weight is 656 g/mol. The zero-order chi connectivity index (χ0) is 23.1. The van der Waals surface area contributed by atoms with Crippen molar-refractivity contribution >= 4 is 68.8 Å². The number of amides is 2. The van der Waals surface area contributed by atoms with Crippen molar-refractivity contribution in [2.24, 2.45) is 5.10 Å². The van der Waals surface area contributed by atoms with Crippen LogP contribution in [0.25, 0.3) is 0 Å². The summed E-state index contributed by atoms with van der Waals surface area (Å²) >= 11 is 4.31. The fourth-order valence-electron chi connectivity index (χ4n) is 2.67. The predicted octanol–water partition coefficient (Wildman–Crippen LogP) is 5.85. The minimum atomic E-state index is -0.439. The van der Waals surface area contributed by atoms with Crippen LogP contribution < -0.4 is 15.5 Å². The number of non-ortho nitro benzene ring substituents is 1. The second-order valence-corrected chi connectivity index (χ2v) is 9.04. The first kappa shape index (κ1) is 23.9. The minimum absolute atomic E-state index is 0.0287. The van der Waals surface area contributed by atoms with Gasteiger partial charge in [-0.3, -0.25) is 10.1 Å². The van der Waals surface area contributed by atoms with Crippen molar-refractivity contribution in [3.63, 3.8) is 0 Å². The predicted molar refractivity (Wildman–Crippen MR) is 140 cm³/mol. The first-order valence-corrected chi connectivity index (χ1v) is 11.5. The van der Waals surface area contributed by atoms with Gasteiger partial charge in [0.25, 0.3) is 5.69 Å². The number of halogens is 2. The fourth-order valence-corrected chi connectivity index (χ4v) is 4.80. The number of nitro groups is 1. The molecule has 0 fully saturated rings. The summed E-state index contributed by atoms with van der Waals surface area (Å²) in [7, 11) is 0. The molecule has 2 amide bonds. The van der Waals surface area contributed by atoms with E-state index < -0.39 is 11.0 Å². The first-order chi connectivity index (χ1) is 15.3. The number of hydrazone groups is 1. The number of aryl methyl sites for hydroxylation is 1. The van der Waals surface area contributed by atoms with Crippen molar-refractivity contribution < 1.29 is 14.5 Å². The van der Waals surface area contributed by atoms with Crippen molar-refractivity contribution in [3.05, 3.63) is 94.6 Å². The van der Waals surface area contributed by atoms with E-state index >= 15 is 0 Å². The van der Waals surface area contributed by atoms with Crippen LogP contribution >= 0.6 is 45.2 Å². The highest BCUT2D eigenvalue weighted by molar-refractivity contribution is 14.1. The zero-order valence-electron chi connectivity index (χ0n) is 16.8. The number of ether oxygens (including phenoxy) is 1. The highest BCUT2D eigenvalue weighted by Gasteiger charge is 2.11. The van der Waals surface area contributed by atoms with Crippen molar-refractivity contribution in [2.75, 3.05) is 5.32 Å². The second kappa shape index (κ2) is 11.2. The van der Waals surface area contributed by atoms with Crippen LogP contribution in [0, 0.1) is 24.2 Å². The number of carbonyl (C=O) groups excluding carboxylic acids is 1. The van der Waals surface area contributed by atoms with E-state index in [4.69, 9.17) is 4.74 Å². The number of nitro benzene ring substituents is 1. The van der Waals surface area contributed by atoms with E-state index in [2.05, 4.69) is 61.0 Å². The Balaban J connectivity index is 1.59. The van der Waals surface area contributed by atoms with E-state index in [1.54, 1.807) is 18.3 Å². The van der Waals surface area contributed by atoms with Gasteiger partial charge in [0.05, 0.1) is 18.3 Å². The maximum atomic E-state index is 12.0. The number of anilines is 1. The summed E-state index contributed by atoms with van der Waals surface area (Å²) < 4.78 is 7.60. The van der Waals surface area contributed by atoms with Crippen LogP contribution in [0.1, 0.15) is 16.7 Å². The number of rotatable bonds is 7. The highest BCUT2D eigenvalue weighted by Crippen LogP contribution is 2.29. The molecule has 10 heteroatoms. The standard InChI is InChI=1S/C22H18I2N4O4/c1-14-5-7-17(8-6-14)26-22(29)27-25-12-16-10-19(23)21(20(24)11-16)32-13-15-3-2-4-18(9-15)28(30)31/h2-12H,13H2,1H3,(H2,26,27,29). The summed E-state index contributed by atoms with van der Waals surface area (Å²) in [5.41, 5.74) is 5.75. The Morgan fingerprint density at radius 2 is 1.81 bits per heavy atom. The molecule has 0 aliphatic heterocycles. The number of benzene rings is 3. The van der Waals surface area contributed by atoms with Gasteiger partial charge in [0.15, 0.2) is 0 Å². The van der Waals surface area contributed by atoms with E-state index in [9.17, 15) is 14.9 Å². The summed E-state index contributed by atoms with van der Waals surface area (Å²) in [6.45, 7) is 2.18. The van der Waals surface area contributed by atoms with E-state index in [0.29, 0.717) is 17.0 Å². The molecule has 2 N–H and O–H groups in total. The fraction of sp³-hybridized carbons (Fsp3) is 0.0909. The summed E-state index contributed by atoms with van der Waals surface area (Å²) in [4.78, 5) is 22.5. The molecule has 0 bridgehead atoms. The van der Waals surface area contributed by atoms with Gasteiger partial charge >= 0.3 is 6.03 Å².